The first-order chi connectivity index (χ1) is 8.27. The zero-order chi connectivity index (χ0) is 12.8. The Hall–Kier alpha value is 0.220. The van der Waals surface area contributed by atoms with Gasteiger partial charge in [0.05, 0.1) is 19.8 Å². The van der Waals surface area contributed by atoms with Gasteiger partial charge in [-0.2, -0.15) is 0 Å². The monoisotopic (exact) mass is 373 g/mol. The minimum atomic E-state index is -1.28. The maximum atomic E-state index is 9.97. The van der Waals surface area contributed by atoms with Crippen LogP contribution in [0.5, 0.6) is 0 Å². The summed E-state index contributed by atoms with van der Waals surface area (Å²) in [7, 11) is 0. The molecule has 0 radical (unpaired) electrons. The van der Waals surface area contributed by atoms with E-state index in [1.807, 2.05) is 0 Å². The van der Waals surface area contributed by atoms with Crippen LogP contribution in [0.3, 0.4) is 0 Å². The maximum absolute atomic E-state index is 9.97. The van der Waals surface area contributed by atoms with Crippen molar-refractivity contribution >= 4 is 17.7 Å². The van der Waals surface area contributed by atoms with Crippen molar-refractivity contribution < 1.29 is 41.8 Å². The van der Waals surface area contributed by atoms with Gasteiger partial charge in [0.2, 0.25) is 0 Å². The van der Waals surface area contributed by atoms with Crippen LogP contribution in [0.1, 0.15) is 25.7 Å². The van der Waals surface area contributed by atoms with E-state index in [1.54, 1.807) is 0 Å². The number of rotatable bonds is 12. The van der Waals surface area contributed by atoms with Crippen LogP contribution in [-0.2, 0) is 31.9 Å². The van der Waals surface area contributed by atoms with Crippen LogP contribution >= 0.6 is 11.6 Å². The number of nitrogens with one attached hydrogen (secondary N) is 1. The van der Waals surface area contributed by atoms with Gasteiger partial charge in [-0.15, -0.1) is 11.6 Å². The van der Waals surface area contributed by atoms with E-state index in [0.717, 1.165) is 38.2 Å². The number of ether oxygens (including phenoxy) is 2. The number of amides is 1. The van der Waals surface area contributed by atoms with Crippen LogP contribution in [-0.4, -0.2) is 44.9 Å². The number of alkyl halides is 1. The standard InChI is InChI=1S/C11H22ClNO4.Ag/c12-5-3-1-2-4-7-16-9-10-17-8-6-13-11(14)15;/h13H,1-10H2,(H,14,15);/q;+1/p-1. The molecule has 0 spiro atoms. The molecule has 0 unspecified atom stereocenters. The second-order valence-corrected chi connectivity index (χ2v) is 3.92. The SMILES string of the molecule is O=C([O-])NCCOCCOCCCCCCCl.[Ag+]. The first kappa shape index (κ1) is 20.5. The van der Waals surface area contributed by atoms with Crippen LogP contribution in [0.2, 0.25) is 0 Å². The normalized spacial score (nSPS) is 9.83. The fourth-order valence-electron chi connectivity index (χ4n) is 1.20. The molecule has 7 heteroatoms. The van der Waals surface area contributed by atoms with Crippen molar-refractivity contribution in [2.75, 3.05) is 38.9 Å². The van der Waals surface area contributed by atoms with Crippen LogP contribution in [0.4, 0.5) is 4.79 Å². The average Bonchev–Trinajstić information content (AvgIpc) is 2.30. The molecule has 0 aliphatic carbocycles. The third-order valence-corrected chi connectivity index (χ3v) is 2.33. The third-order valence-electron chi connectivity index (χ3n) is 2.06. The van der Waals surface area contributed by atoms with Gasteiger partial charge in [0.25, 0.3) is 0 Å². The van der Waals surface area contributed by atoms with Crippen molar-refractivity contribution in [3.63, 3.8) is 0 Å². The van der Waals surface area contributed by atoms with Crippen LogP contribution < -0.4 is 10.4 Å². The molecule has 5 nitrogen and oxygen atoms in total. The Kier molecular flexibility index (Phi) is 19.6. The molecule has 1 N–H and O–H groups in total. The maximum Gasteiger partial charge on any atom is 1.00 e. The van der Waals surface area contributed by atoms with Gasteiger partial charge in [-0.25, -0.2) is 0 Å². The molecule has 1 amide bonds. The summed E-state index contributed by atoms with van der Waals surface area (Å²) in [5.74, 6) is 0.731. The summed E-state index contributed by atoms with van der Waals surface area (Å²) in [5, 5.41) is 12.1. The largest absolute Gasteiger partial charge is 1.00 e. The predicted molar refractivity (Wildman–Crippen MR) is 64.2 cm³/mol. The summed E-state index contributed by atoms with van der Waals surface area (Å²) in [5.41, 5.74) is 0. The fourth-order valence-corrected chi connectivity index (χ4v) is 1.39. The van der Waals surface area contributed by atoms with Crippen LogP contribution in [0, 0.1) is 0 Å². The van der Waals surface area contributed by atoms with E-state index in [0.29, 0.717) is 19.8 Å². The number of hydrogen-bond acceptors (Lipinski definition) is 4. The molecule has 0 aliphatic rings. The smallest absolute Gasteiger partial charge is 0.530 e. The van der Waals surface area contributed by atoms with Crippen LogP contribution in [0.25, 0.3) is 0 Å². The van der Waals surface area contributed by atoms with Crippen molar-refractivity contribution in [3.8, 4) is 0 Å². The Morgan fingerprint density at radius 3 is 2.22 bits per heavy atom. The van der Waals surface area contributed by atoms with Crippen molar-refractivity contribution in [2.45, 2.75) is 25.7 Å². The zero-order valence-corrected chi connectivity index (χ0v) is 12.6. The number of carboxylic acid groups (broad SMARTS) is 1. The van der Waals surface area contributed by atoms with Gasteiger partial charge in [0, 0.05) is 19.0 Å². The topological polar surface area (TPSA) is 70.6 Å². The van der Waals surface area contributed by atoms with Gasteiger partial charge in [-0.05, 0) is 12.8 Å². The van der Waals surface area contributed by atoms with E-state index >= 15 is 0 Å². The van der Waals surface area contributed by atoms with E-state index in [1.165, 1.54) is 0 Å². The summed E-state index contributed by atoms with van der Waals surface area (Å²) in [6, 6.07) is 0. The molecule has 0 aromatic heterocycles. The van der Waals surface area contributed by atoms with Gasteiger partial charge in [-0.3, -0.25) is 0 Å². The minimum Gasteiger partial charge on any atom is -0.530 e. The van der Waals surface area contributed by atoms with Crippen molar-refractivity contribution in [1.29, 1.82) is 0 Å². The molecule has 0 saturated carbocycles. The van der Waals surface area contributed by atoms with Gasteiger partial charge < -0.3 is 24.7 Å². The second-order valence-electron chi connectivity index (χ2n) is 3.54. The van der Waals surface area contributed by atoms with Gasteiger partial charge in [0.15, 0.2) is 0 Å². The Bertz CT molecular complexity index is 186. The molecule has 0 aliphatic heterocycles. The molecule has 0 bridgehead atoms. The number of carbonyl (C=O) groups excluding carboxylic acids is 1. The van der Waals surface area contributed by atoms with E-state index in [9.17, 15) is 9.90 Å². The Balaban J connectivity index is 0. The van der Waals surface area contributed by atoms with E-state index in [-0.39, 0.29) is 28.9 Å². The van der Waals surface area contributed by atoms with Gasteiger partial charge in [-0.1, -0.05) is 12.8 Å². The summed E-state index contributed by atoms with van der Waals surface area (Å²) >= 11 is 5.55. The van der Waals surface area contributed by atoms with Crippen molar-refractivity contribution in [1.82, 2.24) is 5.32 Å². The first-order valence-electron chi connectivity index (χ1n) is 5.93. The molecular formula is C11H21AgClNO4. The number of hydrogen-bond donors (Lipinski definition) is 1. The summed E-state index contributed by atoms with van der Waals surface area (Å²) < 4.78 is 10.5. The summed E-state index contributed by atoms with van der Waals surface area (Å²) in [4.78, 5) is 9.97. The second kappa shape index (κ2) is 17.2. The molecule has 112 valence electrons. The summed E-state index contributed by atoms with van der Waals surface area (Å²) in [6.45, 7) is 2.36. The molecule has 0 atom stereocenters. The molecule has 0 heterocycles. The Morgan fingerprint density at radius 1 is 1.00 bits per heavy atom. The molecule has 0 fully saturated rings. The Labute approximate surface area is 129 Å². The minimum absolute atomic E-state index is 0. The molecule has 0 saturated heterocycles. The predicted octanol–water partition coefficient (Wildman–Crippen LogP) is 0.749. The molecule has 0 rings (SSSR count). The molecular weight excluding hydrogens is 353 g/mol. The average molecular weight is 375 g/mol. The van der Waals surface area contributed by atoms with Crippen molar-refractivity contribution in [3.05, 3.63) is 0 Å². The fraction of sp³-hybridized carbons (Fsp3) is 0.909. The molecule has 0 aromatic carbocycles. The summed E-state index contributed by atoms with van der Waals surface area (Å²) in [6.07, 6.45) is 3.13. The zero-order valence-electron chi connectivity index (χ0n) is 10.4. The van der Waals surface area contributed by atoms with E-state index < -0.39 is 6.09 Å². The van der Waals surface area contributed by atoms with E-state index in [2.05, 4.69) is 5.32 Å². The first-order valence-corrected chi connectivity index (χ1v) is 6.47. The number of unbranched alkanes of at least 4 members (excludes halogenated alkanes) is 3. The number of halogens is 1. The van der Waals surface area contributed by atoms with Crippen molar-refractivity contribution in [2.24, 2.45) is 0 Å². The Morgan fingerprint density at radius 2 is 1.61 bits per heavy atom. The van der Waals surface area contributed by atoms with E-state index in [4.69, 9.17) is 21.1 Å². The van der Waals surface area contributed by atoms with Crippen LogP contribution in [0.15, 0.2) is 0 Å². The third kappa shape index (κ3) is 18.6. The molecule has 0 aromatic rings. The van der Waals surface area contributed by atoms with Gasteiger partial charge >= 0.3 is 22.4 Å². The van der Waals surface area contributed by atoms with Gasteiger partial charge in [0.1, 0.15) is 6.09 Å². The quantitative estimate of drug-likeness (QED) is 0.311. The number of carbonyl (C=O) groups is 1. The molecule has 18 heavy (non-hydrogen) atoms.